The minimum absolute atomic E-state index is 0.00120. The highest BCUT2D eigenvalue weighted by atomic mass is 16.4. The summed E-state index contributed by atoms with van der Waals surface area (Å²) >= 11 is 0. The molecule has 7 heteroatoms. The molecule has 126 valence electrons. The highest BCUT2D eigenvalue weighted by Gasteiger charge is 2.24. The predicted octanol–water partition coefficient (Wildman–Crippen LogP) is 0.270. The van der Waals surface area contributed by atoms with Crippen LogP contribution in [0.4, 0.5) is 0 Å². The molecule has 0 amide bonds. The third kappa shape index (κ3) is 7.42. The molecule has 0 aliphatic rings. The fourth-order valence-corrected chi connectivity index (χ4v) is 2.22. The largest absolute Gasteiger partial charge is 0.481 e. The number of nitrogens with two attached hydrogens (primary N) is 3. The van der Waals surface area contributed by atoms with Gasteiger partial charge in [-0.2, -0.15) is 0 Å². The van der Waals surface area contributed by atoms with E-state index in [1.165, 1.54) is 0 Å². The van der Waals surface area contributed by atoms with Gasteiger partial charge in [-0.3, -0.25) is 14.6 Å². The molecule has 0 aromatic heterocycles. The van der Waals surface area contributed by atoms with E-state index in [0.717, 1.165) is 5.56 Å². The average Bonchev–Trinajstić information content (AvgIpc) is 2.51. The lowest BCUT2D eigenvalue weighted by Gasteiger charge is -2.15. The Balaban J connectivity index is 2.50. The van der Waals surface area contributed by atoms with Gasteiger partial charge in [0.1, 0.15) is 5.78 Å². The van der Waals surface area contributed by atoms with Gasteiger partial charge in [-0.25, -0.2) is 0 Å². The zero-order valence-corrected chi connectivity index (χ0v) is 13.0. The molecule has 0 saturated carbocycles. The molecule has 0 aliphatic heterocycles. The molecule has 0 unspecified atom stereocenters. The lowest BCUT2D eigenvalue weighted by atomic mass is 9.91. The number of nitrogens with zero attached hydrogens (tertiary/aromatic N) is 1. The molecule has 0 radical (unpaired) electrons. The van der Waals surface area contributed by atoms with Gasteiger partial charge in [-0.15, -0.1) is 0 Å². The normalized spacial score (nSPS) is 13.1. The van der Waals surface area contributed by atoms with E-state index >= 15 is 0 Å². The summed E-state index contributed by atoms with van der Waals surface area (Å²) in [5.74, 6) is -2.01. The maximum absolute atomic E-state index is 12.1. The Morgan fingerprint density at radius 2 is 1.83 bits per heavy atom. The van der Waals surface area contributed by atoms with Crippen LogP contribution in [0.15, 0.2) is 35.3 Å². The van der Waals surface area contributed by atoms with Crippen molar-refractivity contribution in [2.45, 2.75) is 31.7 Å². The number of Topliss-reactive ketones (excluding diaryl/α,β-unsaturated/α-hetero) is 1. The average molecular weight is 320 g/mol. The van der Waals surface area contributed by atoms with E-state index in [0.29, 0.717) is 25.8 Å². The molecule has 23 heavy (non-hydrogen) atoms. The van der Waals surface area contributed by atoms with Crippen LogP contribution < -0.4 is 17.2 Å². The number of carboxylic acids is 1. The highest BCUT2D eigenvalue weighted by molar-refractivity contribution is 5.87. The number of guanidine groups is 1. The Bertz CT molecular complexity index is 542. The quantitative estimate of drug-likeness (QED) is 0.276. The molecule has 0 bridgehead atoms. The third-order valence-corrected chi connectivity index (χ3v) is 3.50. The maximum Gasteiger partial charge on any atom is 0.307 e. The van der Waals surface area contributed by atoms with Crippen molar-refractivity contribution in [2.75, 3.05) is 6.54 Å². The summed E-state index contributed by atoms with van der Waals surface area (Å²) in [6, 6.07) is 8.53. The van der Waals surface area contributed by atoms with Crippen LogP contribution in [-0.2, 0) is 16.0 Å². The fraction of sp³-hybridized carbons (Fsp3) is 0.438. The van der Waals surface area contributed by atoms with Crippen LogP contribution in [0.3, 0.4) is 0 Å². The topological polar surface area (TPSA) is 145 Å². The molecule has 0 aliphatic carbocycles. The molecule has 0 saturated heterocycles. The Hall–Kier alpha value is -2.41. The van der Waals surface area contributed by atoms with Gasteiger partial charge in [-0.1, -0.05) is 30.3 Å². The standard InChI is InChI=1S/C16H24N4O3/c17-13(7-4-8-20-16(18)19)14(21)10-12(15(22)23)9-11-5-2-1-3-6-11/h1-3,5-6,12-13H,4,7-10,17H2,(H,22,23)(H4,18,19,20)/t12-,13+/m0/s1. The molecule has 0 spiro atoms. The number of aliphatic carboxylic acids is 1. The third-order valence-electron chi connectivity index (χ3n) is 3.50. The molecule has 7 N–H and O–H groups in total. The fourth-order valence-electron chi connectivity index (χ4n) is 2.22. The first-order valence-electron chi connectivity index (χ1n) is 7.50. The van der Waals surface area contributed by atoms with E-state index in [2.05, 4.69) is 4.99 Å². The number of hydrogen-bond donors (Lipinski definition) is 4. The van der Waals surface area contributed by atoms with Crippen LogP contribution in [0, 0.1) is 5.92 Å². The Morgan fingerprint density at radius 1 is 1.17 bits per heavy atom. The summed E-state index contributed by atoms with van der Waals surface area (Å²) in [7, 11) is 0. The van der Waals surface area contributed by atoms with Gasteiger partial charge >= 0.3 is 5.97 Å². The van der Waals surface area contributed by atoms with E-state index in [9.17, 15) is 14.7 Å². The summed E-state index contributed by atoms with van der Waals surface area (Å²) in [4.78, 5) is 27.3. The molecule has 7 nitrogen and oxygen atoms in total. The minimum atomic E-state index is -0.991. The molecule has 2 atom stereocenters. The van der Waals surface area contributed by atoms with Crippen LogP contribution in [0.5, 0.6) is 0 Å². The number of rotatable bonds is 10. The Morgan fingerprint density at radius 3 is 2.39 bits per heavy atom. The predicted molar refractivity (Wildman–Crippen MR) is 88.8 cm³/mol. The summed E-state index contributed by atoms with van der Waals surface area (Å²) in [6.45, 7) is 0.398. The van der Waals surface area contributed by atoms with Gasteiger partial charge in [-0.05, 0) is 24.8 Å². The second-order valence-corrected chi connectivity index (χ2v) is 5.45. The van der Waals surface area contributed by atoms with Crippen LogP contribution >= 0.6 is 0 Å². The first-order valence-corrected chi connectivity index (χ1v) is 7.50. The highest BCUT2D eigenvalue weighted by Crippen LogP contribution is 2.15. The number of benzene rings is 1. The van der Waals surface area contributed by atoms with Crippen molar-refractivity contribution >= 4 is 17.7 Å². The van der Waals surface area contributed by atoms with Crippen LogP contribution in [0.1, 0.15) is 24.8 Å². The number of carbonyl (C=O) groups excluding carboxylic acids is 1. The number of carbonyl (C=O) groups is 2. The van der Waals surface area contributed by atoms with Crippen LogP contribution in [0.2, 0.25) is 0 Å². The lowest BCUT2D eigenvalue weighted by molar-refractivity contribution is -0.143. The summed E-state index contributed by atoms with van der Waals surface area (Å²) in [5.41, 5.74) is 17.1. The second-order valence-electron chi connectivity index (χ2n) is 5.45. The van der Waals surface area contributed by atoms with Crippen molar-refractivity contribution in [3.05, 3.63) is 35.9 Å². The number of carboxylic acid groups (broad SMARTS) is 1. The smallest absolute Gasteiger partial charge is 0.307 e. The van der Waals surface area contributed by atoms with Crippen molar-refractivity contribution < 1.29 is 14.7 Å². The minimum Gasteiger partial charge on any atom is -0.481 e. The number of ketones is 1. The van der Waals surface area contributed by atoms with Gasteiger partial charge in [0.2, 0.25) is 0 Å². The first kappa shape index (κ1) is 18.6. The van der Waals surface area contributed by atoms with Crippen molar-refractivity contribution in [1.82, 2.24) is 0 Å². The first-order chi connectivity index (χ1) is 10.9. The zero-order chi connectivity index (χ0) is 17.2. The molecule has 1 aromatic rings. The monoisotopic (exact) mass is 320 g/mol. The summed E-state index contributed by atoms with van der Waals surface area (Å²) in [6.07, 6.45) is 1.23. The van der Waals surface area contributed by atoms with Gasteiger partial charge < -0.3 is 22.3 Å². The molecule has 0 fully saturated rings. The molecule has 1 rings (SSSR count). The molecular formula is C16H24N4O3. The Kier molecular flexibility index (Phi) is 7.76. The van der Waals surface area contributed by atoms with Crippen LogP contribution in [0.25, 0.3) is 0 Å². The maximum atomic E-state index is 12.1. The van der Waals surface area contributed by atoms with Crippen molar-refractivity contribution in [3.63, 3.8) is 0 Å². The SMILES string of the molecule is NC(N)=NCCC[C@@H](N)C(=O)C[C@H](Cc1ccccc1)C(=O)O. The van der Waals surface area contributed by atoms with Gasteiger partial charge in [0.25, 0.3) is 0 Å². The van der Waals surface area contributed by atoms with E-state index in [1.807, 2.05) is 30.3 Å². The van der Waals surface area contributed by atoms with Gasteiger partial charge in [0.05, 0.1) is 12.0 Å². The van der Waals surface area contributed by atoms with E-state index < -0.39 is 17.9 Å². The Labute approximate surface area is 135 Å². The van der Waals surface area contributed by atoms with Crippen molar-refractivity contribution in [1.29, 1.82) is 0 Å². The van der Waals surface area contributed by atoms with E-state index in [-0.39, 0.29) is 18.2 Å². The van der Waals surface area contributed by atoms with E-state index in [1.54, 1.807) is 0 Å². The van der Waals surface area contributed by atoms with Gasteiger partial charge in [0, 0.05) is 13.0 Å². The molecule has 1 aromatic carbocycles. The number of aliphatic imine (C=N–C) groups is 1. The summed E-state index contributed by atoms with van der Waals surface area (Å²) < 4.78 is 0. The zero-order valence-electron chi connectivity index (χ0n) is 13.0. The van der Waals surface area contributed by atoms with Crippen LogP contribution in [-0.4, -0.2) is 35.4 Å². The number of hydrogen-bond acceptors (Lipinski definition) is 4. The lowest BCUT2D eigenvalue weighted by Crippen LogP contribution is -2.34. The van der Waals surface area contributed by atoms with Gasteiger partial charge in [0.15, 0.2) is 5.96 Å². The van der Waals surface area contributed by atoms with Crippen molar-refractivity contribution in [3.8, 4) is 0 Å². The summed E-state index contributed by atoms with van der Waals surface area (Å²) in [5, 5.41) is 9.30. The molecular weight excluding hydrogens is 296 g/mol. The second kappa shape index (κ2) is 9.58. The van der Waals surface area contributed by atoms with Crippen molar-refractivity contribution in [2.24, 2.45) is 28.1 Å². The van der Waals surface area contributed by atoms with E-state index in [4.69, 9.17) is 17.2 Å². The molecule has 0 heterocycles.